The Bertz CT molecular complexity index is 557. The van der Waals surface area contributed by atoms with Crippen molar-refractivity contribution in [3.8, 4) is 0 Å². The van der Waals surface area contributed by atoms with Crippen molar-refractivity contribution in [3.05, 3.63) is 35.5 Å². The van der Waals surface area contributed by atoms with Gasteiger partial charge in [-0.15, -0.1) is 0 Å². The Labute approximate surface area is 130 Å². The molecular formula is C17H22O5. The molecule has 0 aromatic carbocycles. The van der Waals surface area contributed by atoms with Crippen LogP contribution in [0.2, 0.25) is 0 Å². The molecule has 1 fully saturated rings. The lowest BCUT2D eigenvalue weighted by Gasteiger charge is -2.27. The van der Waals surface area contributed by atoms with Crippen molar-refractivity contribution < 1.29 is 24.2 Å². The second-order valence-corrected chi connectivity index (χ2v) is 5.99. The number of rotatable bonds is 1. The van der Waals surface area contributed by atoms with Gasteiger partial charge in [0.1, 0.15) is 12.2 Å². The number of carbonyl (C=O) groups is 2. The summed E-state index contributed by atoms with van der Waals surface area (Å²) >= 11 is 0. The summed E-state index contributed by atoms with van der Waals surface area (Å²) in [6.07, 6.45) is 2.94. The van der Waals surface area contributed by atoms with Crippen molar-refractivity contribution in [2.75, 3.05) is 0 Å². The second kappa shape index (κ2) is 6.48. The first-order valence-corrected chi connectivity index (χ1v) is 7.38. The Morgan fingerprint density at radius 2 is 2.14 bits per heavy atom. The van der Waals surface area contributed by atoms with Gasteiger partial charge in [-0.3, -0.25) is 4.79 Å². The van der Waals surface area contributed by atoms with Crippen LogP contribution in [-0.2, 0) is 19.1 Å². The fourth-order valence-electron chi connectivity index (χ4n) is 2.91. The summed E-state index contributed by atoms with van der Waals surface area (Å²) in [5.41, 5.74) is 2.03. The van der Waals surface area contributed by atoms with Crippen molar-refractivity contribution in [2.24, 2.45) is 5.92 Å². The van der Waals surface area contributed by atoms with Crippen molar-refractivity contribution in [3.63, 3.8) is 0 Å². The third kappa shape index (κ3) is 3.47. The maximum Gasteiger partial charge on any atom is 0.334 e. The van der Waals surface area contributed by atoms with E-state index >= 15 is 0 Å². The van der Waals surface area contributed by atoms with Crippen molar-refractivity contribution in [2.45, 2.75) is 51.9 Å². The summed E-state index contributed by atoms with van der Waals surface area (Å²) in [4.78, 5) is 23.3. The molecule has 0 bridgehead atoms. The zero-order valence-electron chi connectivity index (χ0n) is 13.2. The van der Waals surface area contributed by atoms with Gasteiger partial charge in [-0.1, -0.05) is 18.2 Å². The largest absolute Gasteiger partial charge is 0.461 e. The van der Waals surface area contributed by atoms with Crippen LogP contribution in [-0.4, -0.2) is 35.4 Å². The van der Waals surface area contributed by atoms with Gasteiger partial charge in [0.05, 0.1) is 12.0 Å². The lowest BCUT2D eigenvalue weighted by atomic mass is 9.85. The minimum atomic E-state index is -0.617. The number of ether oxygens (including phenoxy) is 2. The Hall–Kier alpha value is -1.88. The van der Waals surface area contributed by atoms with Crippen LogP contribution in [0.4, 0.5) is 0 Å². The van der Waals surface area contributed by atoms with Gasteiger partial charge in [-0.25, -0.2) is 4.79 Å². The summed E-state index contributed by atoms with van der Waals surface area (Å²) < 4.78 is 10.8. The summed E-state index contributed by atoms with van der Waals surface area (Å²) in [5.74, 6) is -1.31. The molecule has 0 aromatic heterocycles. The van der Waals surface area contributed by atoms with Gasteiger partial charge in [0, 0.05) is 18.9 Å². The van der Waals surface area contributed by atoms with Crippen LogP contribution in [0, 0.1) is 5.92 Å². The Kier molecular flexibility index (Phi) is 4.86. The lowest BCUT2D eigenvalue weighted by molar-refractivity contribution is -0.149. The molecule has 0 aromatic rings. The van der Waals surface area contributed by atoms with E-state index in [0.717, 1.165) is 11.1 Å². The smallest absolute Gasteiger partial charge is 0.334 e. The van der Waals surface area contributed by atoms with Gasteiger partial charge >= 0.3 is 11.9 Å². The second-order valence-electron chi connectivity index (χ2n) is 5.99. The van der Waals surface area contributed by atoms with Gasteiger partial charge in [-0.2, -0.15) is 0 Å². The number of aliphatic hydroxyl groups is 1. The van der Waals surface area contributed by atoms with Crippen LogP contribution < -0.4 is 0 Å². The summed E-state index contributed by atoms with van der Waals surface area (Å²) in [6.45, 7) is 8.85. The van der Waals surface area contributed by atoms with Crippen molar-refractivity contribution in [1.82, 2.24) is 0 Å². The predicted molar refractivity (Wildman–Crippen MR) is 80.8 cm³/mol. The first kappa shape index (κ1) is 16.5. The Balaban J connectivity index is 2.43. The van der Waals surface area contributed by atoms with Gasteiger partial charge in [-0.05, 0) is 31.9 Å². The standard InChI is InChI=1S/C17H22O5/c1-9-5-6-13(19)10(2)8-15-16(11(3)17(20)22-15)14(7-9)21-12(4)18/h5,8,13-16,19H,3,6-7H2,1-2,4H3. The van der Waals surface area contributed by atoms with Gasteiger partial charge < -0.3 is 14.6 Å². The van der Waals surface area contributed by atoms with E-state index in [9.17, 15) is 14.7 Å². The maximum absolute atomic E-state index is 11.9. The molecule has 1 N–H and O–H groups in total. The van der Waals surface area contributed by atoms with Crippen LogP contribution >= 0.6 is 0 Å². The molecule has 0 spiro atoms. The Morgan fingerprint density at radius 3 is 2.77 bits per heavy atom. The average molecular weight is 306 g/mol. The topological polar surface area (TPSA) is 72.8 Å². The molecule has 5 nitrogen and oxygen atoms in total. The fraction of sp³-hybridized carbons (Fsp3) is 0.529. The van der Waals surface area contributed by atoms with E-state index in [2.05, 4.69) is 6.58 Å². The normalized spacial score (nSPS) is 32.5. The van der Waals surface area contributed by atoms with E-state index in [1.807, 2.05) is 13.0 Å². The number of hydrogen-bond acceptors (Lipinski definition) is 5. The molecule has 1 heterocycles. The van der Waals surface area contributed by atoms with Crippen LogP contribution in [0.1, 0.15) is 33.6 Å². The summed E-state index contributed by atoms with van der Waals surface area (Å²) in [6, 6.07) is 0. The zero-order chi connectivity index (χ0) is 16.4. The van der Waals surface area contributed by atoms with Crippen molar-refractivity contribution in [1.29, 1.82) is 0 Å². The highest BCUT2D eigenvalue weighted by molar-refractivity contribution is 5.91. The van der Waals surface area contributed by atoms with Crippen LogP contribution in [0.5, 0.6) is 0 Å². The highest BCUT2D eigenvalue weighted by Crippen LogP contribution is 2.36. The predicted octanol–water partition coefficient (Wildman–Crippen LogP) is 2.06. The number of hydrogen-bond donors (Lipinski definition) is 1. The van der Waals surface area contributed by atoms with Gasteiger partial charge in [0.25, 0.3) is 0 Å². The van der Waals surface area contributed by atoms with Gasteiger partial charge in [0.2, 0.25) is 0 Å². The molecule has 1 aliphatic carbocycles. The van der Waals surface area contributed by atoms with E-state index < -0.39 is 36.2 Å². The monoisotopic (exact) mass is 306 g/mol. The molecule has 5 heteroatoms. The van der Waals surface area contributed by atoms with Crippen LogP contribution in [0.25, 0.3) is 0 Å². The number of fused-ring (bicyclic) bond motifs is 1. The molecule has 4 unspecified atom stereocenters. The molecule has 1 saturated heterocycles. The first-order valence-electron chi connectivity index (χ1n) is 7.38. The van der Waals surface area contributed by atoms with E-state index in [1.165, 1.54) is 6.92 Å². The SMILES string of the molecule is C=C1C(=O)OC2C=C(C)C(O)CC=C(C)CC(OC(C)=O)C12. The first-order chi connectivity index (χ1) is 10.3. The molecular weight excluding hydrogens is 284 g/mol. The van der Waals surface area contributed by atoms with E-state index in [4.69, 9.17) is 9.47 Å². The van der Waals surface area contributed by atoms with E-state index in [-0.39, 0.29) is 0 Å². The molecule has 2 rings (SSSR count). The minimum absolute atomic E-state index is 0.308. The van der Waals surface area contributed by atoms with Gasteiger partial charge in [0.15, 0.2) is 0 Å². The highest BCUT2D eigenvalue weighted by Gasteiger charge is 2.44. The minimum Gasteiger partial charge on any atom is -0.461 e. The highest BCUT2D eigenvalue weighted by atomic mass is 16.6. The quantitative estimate of drug-likeness (QED) is 0.456. The molecule has 4 atom stereocenters. The average Bonchev–Trinajstić information content (AvgIpc) is 2.69. The summed E-state index contributed by atoms with van der Waals surface area (Å²) in [7, 11) is 0. The molecule has 0 saturated carbocycles. The zero-order valence-corrected chi connectivity index (χ0v) is 13.2. The molecule has 120 valence electrons. The number of aliphatic hydroxyl groups excluding tert-OH is 1. The van der Waals surface area contributed by atoms with Crippen LogP contribution in [0.3, 0.4) is 0 Å². The summed E-state index contributed by atoms with van der Waals surface area (Å²) in [5, 5.41) is 10.1. The van der Waals surface area contributed by atoms with E-state index in [0.29, 0.717) is 18.4 Å². The fourth-order valence-corrected chi connectivity index (χ4v) is 2.91. The Morgan fingerprint density at radius 1 is 1.45 bits per heavy atom. The molecule has 0 amide bonds. The van der Waals surface area contributed by atoms with E-state index in [1.54, 1.807) is 13.0 Å². The molecule has 22 heavy (non-hydrogen) atoms. The van der Waals surface area contributed by atoms with Crippen molar-refractivity contribution >= 4 is 11.9 Å². The molecule has 2 aliphatic rings. The third-order valence-corrected chi connectivity index (χ3v) is 4.15. The number of carbonyl (C=O) groups excluding carboxylic acids is 2. The number of esters is 2. The maximum atomic E-state index is 11.9. The third-order valence-electron chi connectivity index (χ3n) is 4.15. The molecule has 0 radical (unpaired) electrons. The lowest BCUT2D eigenvalue weighted by Crippen LogP contribution is -2.33. The molecule has 1 aliphatic heterocycles. The van der Waals surface area contributed by atoms with Crippen LogP contribution in [0.15, 0.2) is 35.5 Å².